The summed E-state index contributed by atoms with van der Waals surface area (Å²) in [5.74, 6) is 0. The molecule has 0 saturated heterocycles. The fourth-order valence-corrected chi connectivity index (χ4v) is 4.61. The van der Waals surface area contributed by atoms with Gasteiger partial charge in [-0.25, -0.2) is 13.2 Å². The molecule has 0 radical (unpaired) electrons. The molecule has 2 amide bonds. The largest absolute Gasteiger partial charge is 0.416 e. The second-order valence-electron chi connectivity index (χ2n) is 7.22. The lowest BCUT2D eigenvalue weighted by Crippen LogP contribution is -2.38. The van der Waals surface area contributed by atoms with E-state index in [0.717, 1.165) is 17.7 Å². The number of hydrogen-bond acceptors (Lipinski definition) is 3. The molecule has 2 N–H and O–H groups in total. The molecule has 0 aliphatic carbocycles. The predicted molar refractivity (Wildman–Crippen MR) is 117 cm³/mol. The molecule has 10 heteroatoms. The molecule has 2 aromatic rings. The Morgan fingerprint density at radius 1 is 1.00 bits per heavy atom. The van der Waals surface area contributed by atoms with Crippen molar-refractivity contribution in [3.8, 4) is 0 Å². The van der Waals surface area contributed by atoms with Gasteiger partial charge in [0.15, 0.2) is 0 Å². The lowest BCUT2D eigenvalue weighted by Gasteiger charge is -2.19. The van der Waals surface area contributed by atoms with Gasteiger partial charge in [0.2, 0.25) is 10.0 Å². The highest BCUT2D eigenvalue weighted by atomic mass is 32.2. The van der Waals surface area contributed by atoms with E-state index in [1.807, 2.05) is 0 Å². The molecule has 1 unspecified atom stereocenters. The molecule has 0 spiro atoms. The van der Waals surface area contributed by atoms with Crippen LogP contribution in [0.1, 0.15) is 43.5 Å². The van der Waals surface area contributed by atoms with Gasteiger partial charge in [0, 0.05) is 19.6 Å². The molecule has 0 heterocycles. The van der Waals surface area contributed by atoms with Crippen molar-refractivity contribution in [2.45, 2.75) is 44.3 Å². The predicted octanol–water partition coefficient (Wildman–Crippen LogP) is 4.34. The van der Waals surface area contributed by atoms with Gasteiger partial charge in [-0.3, -0.25) is 0 Å². The summed E-state index contributed by atoms with van der Waals surface area (Å²) in [7, 11) is -3.54. The third kappa shape index (κ3) is 6.70. The van der Waals surface area contributed by atoms with E-state index in [4.69, 9.17) is 0 Å². The average Bonchev–Trinajstić information content (AvgIpc) is 2.74. The van der Waals surface area contributed by atoms with Crippen LogP contribution in [0, 0.1) is 0 Å². The number of rotatable bonds is 9. The second kappa shape index (κ2) is 10.8. The number of halogens is 3. The van der Waals surface area contributed by atoms with E-state index in [1.165, 1.54) is 28.6 Å². The average molecular weight is 472 g/mol. The summed E-state index contributed by atoms with van der Waals surface area (Å²) in [6.07, 6.45) is -3.99. The number of hydrogen-bond donors (Lipinski definition) is 2. The zero-order valence-corrected chi connectivity index (χ0v) is 19.1. The molecule has 0 aromatic heterocycles. The maximum Gasteiger partial charge on any atom is 0.416 e. The smallest absolute Gasteiger partial charge is 0.338 e. The fraction of sp³-hybridized carbons (Fsp3) is 0.409. The summed E-state index contributed by atoms with van der Waals surface area (Å²) < 4.78 is 64.2. The Morgan fingerprint density at radius 2 is 1.56 bits per heavy atom. The van der Waals surface area contributed by atoms with E-state index in [2.05, 4.69) is 10.6 Å². The van der Waals surface area contributed by atoms with Crippen molar-refractivity contribution >= 4 is 16.1 Å². The summed E-state index contributed by atoms with van der Waals surface area (Å²) in [6, 6.07) is 10.4. The van der Waals surface area contributed by atoms with Crippen LogP contribution in [0.4, 0.5) is 18.0 Å². The van der Waals surface area contributed by atoms with Crippen molar-refractivity contribution in [2.24, 2.45) is 0 Å². The number of carbonyl (C=O) groups excluding carboxylic acids is 1. The molecule has 32 heavy (non-hydrogen) atoms. The lowest BCUT2D eigenvalue weighted by atomic mass is 10.1. The Kier molecular flexibility index (Phi) is 8.68. The molecule has 2 rings (SSSR count). The first-order chi connectivity index (χ1) is 15.0. The maximum absolute atomic E-state index is 12.6. The molecular weight excluding hydrogens is 443 g/mol. The van der Waals surface area contributed by atoms with Gasteiger partial charge >= 0.3 is 12.2 Å². The van der Waals surface area contributed by atoms with Crippen molar-refractivity contribution in [3.05, 3.63) is 65.2 Å². The Bertz CT molecular complexity index is 988. The number of benzene rings is 2. The third-order valence-corrected chi connectivity index (χ3v) is 7.12. The van der Waals surface area contributed by atoms with Crippen LogP contribution in [-0.2, 0) is 22.6 Å². The van der Waals surface area contributed by atoms with Crippen molar-refractivity contribution in [2.75, 3.05) is 19.6 Å². The molecule has 0 aliphatic heterocycles. The number of nitrogens with one attached hydrogen (secondary N) is 2. The van der Waals surface area contributed by atoms with Gasteiger partial charge in [0.1, 0.15) is 0 Å². The second-order valence-corrected chi connectivity index (χ2v) is 9.16. The number of sulfonamides is 1. The highest BCUT2D eigenvalue weighted by molar-refractivity contribution is 7.89. The van der Waals surface area contributed by atoms with Crippen LogP contribution in [0.5, 0.6) is 0 Å². The van der Waals surface area contributed by atoms with Gasteiger partial charge < -0.3 is 10.6 Å². The summed E-state index contributed by atoms with van der Waals surface area (Å²) in [5, 5.41) is 5.42. The Balaban J connectivity index is 1.87. The number of alkyl halides is 3. The highest BCUT2D eigenvalue weighted by Crippen LogP contribution is 2.29. The maximum atomic E-state index is 12.6. The third-order valence-electron chi connectivity index (χ3n) is 5.05. The van der Waals surface area contributed by atoms with Crippen LogP contribution in [0.15, 0.2) is 53.4 Å². The monoisotopic (exact) mass is 471 g/mol. The van der Waals surface area contributed by atoms with Gasteiger partial charge in [-0.15, -0.1) is 0 Å². The first kappa shape index (κ1) is 25.7. The van der Waals surface area contributed by atoms with Crippen molar-refractivity contribution in [1.29, 1.82) is 0 Å². The molecule has 0 bridgehead atoms. The van der Waals surface area contributed by atoms with Crippen LogP contribution >= 0.6 is 0 Å². The highest BCUT2D eigenvalue weighted by Gasteiger charge is 2.29. The van der Waals surface area contributed by atoms with Gasteiger partial charge in [-0.2, -0.15) is 17.5 Å². The van der Waals surface area contributed by atoms with Crippen molar-refractivity contribution in [3.63, 3.8) is 0 Å². The van der Waals surface area contributed by atoms with Crippen LogP contribution in [0.3, 0.4) is 0 Å². The zero-order valence-electron chi connectivity index (χ0n) is 18.2. The van der Waals surface area contributed by atoms with E-state index >= 15 is 0 Å². The lowest BCUT2D eigenvalue weighted by molar-refractivity contribution is -0.137. The summed E-state index contributed by atoms with van der Waals surface area (Å²) in [5.41, 5.74) is 0.703. The first-order valence-corrected chi connectivity index (χ1v) is 11.7. The summed E-state index contributed by atoms with van der Waals surface area (Å²) >= 11 is 0. The topological polar surface area (TPSA) is 78.5 Å². The molecule has 0 saturated carbocycles. The number of carbonyl (C=O) groups is 1. The fourth-order valence-electron chi connectivity index (χ4n) is 3.15. The number of urea groups is 1. The zero-order chi connectivity index (χ0) is 23.9. The number of nitrogens with zero attached hydrogens (tertiary/aromatic N) is 1. The van der Waals surface area contributed by atoms with Crippen LogP contribution in [0.25, 0.3) is 0 Å². The van der Waals surface area contributed by atoms with Crippen molar-refractivity contribution < 1.29 is 26.4 Å². The van der Waals surface area contributed by atoms with Crippen LogP contribution in [-0.4, -0.2) is 38.4 Å². The minimum atomic E-state index is -4.37. The minimum absolute atomic E-state index is 0.193. The molecule has 2 aromatic carbocycles. The van der Waals surface area contributed by atoms with E-state index in [1.54, 1.807) is 32.9 Å². The van der Waals surface area contributed by atoms with Crippen LogP contribution in [0.2, 0.25) is 0 Å². The SMILES string of the molecule is CCN(CC)S(=O)(=O)c1ccc(C(C)NC(=O)NCCc2ccc(C(F)(F)F)cc2)cc1. The Morgan fingerprint density at radius 3 is 2.06 bits per heavy atom. The van der Waals surface area contributed by atoms with Crippen LogP contribution < -0.4 is 10.6 Å². The summed E-state index contributed by atoms with van der Waals surface area (Å²) in [6.45, 7) is 6.33. The van der Waals surface area contributed by atoms with Gasteiger partial charge in [0.25, 0.3) is 0 Å². The molecule has 6 nitrogen and oxygen atoms in total. The molecular formula is C22H28F3N3O3S. The molecule has 0 fully saturated rings. The van der Waals surface area contributed by atoms with E-state index in [-0.39, 0.29) is 17.5 Å². The number of amides is 2. The standard InChI is InChI=1S/C22H28F3N3O3S/c1-4-28(5-2)32(30,31)20-12-8-18(9-13-20)16(3)27-21(29)26-15-14-17-6-10-19(11-7-17)22(23,24)25/h6-13,16H,4-5,14-15H2,1-3H3,(H2,26,27,29). The quantitative estimate of drug-likeness (QED) is 0.571. The van der Waals surface area contributed by atoms with Gasteiger partial charge in [-0.1, -0.05) is 38.1 Å². The minimum Gasteiger partial charge on any atom is -0.338 e. The van der Waals surface area contributed by atoms with E-state index in [0.29, 0.717) is 25.1 Å². The van der Waals surface area contributed by atoms with E-state index < -0.39 is 27.8 Å². The first-order valence-electron chi connectivity index (χ1n) is 10.3. The molecule has 176 valence electrons. The van der Waals surface area contributed by atoms with Gasteiger partial charge in [-0.05, 0) is 48.7 Å². The Labute approximate surface area is 186 Å². The van der Waals surface area contributed by atoms with Crippen molar-refractivity contribution in [1.82, 2.24) is 14.9 Å². The molecule has 0 aliphatic rings. The summed E-state index contributed by atoms with van der Waals surface area (Å²) in [4.78, 5) is 12.3. The normalized spacial score (nSPS) is 13.1. The molecule has 1 atom stereocenters. The van der Waals surface area contributed by atoms with Gasteiger partial charge in [0.05, 0.1) is 16.5 Å². The van der Waals surface area contributed by atoms with E-state index in [9.17, 15) is 26.4 Å². The Hall–Kier alpha value is -2.59.